The van der Waals surface area contributed by atoms with E-state index in [2.05, 4.69) is 15.3 Å². The lowest BCUT2D eigenvalue weighted by Crippen LogP contribution is -2.14. The zero-order valence-corrected chi connectivity index (χ0v) is 8.08. The lowest BCUT2D eigenvalue weighted by atomic mass is 9.81. The van der Waals surface area contributed by atoms with Crippen LogP contribution in [0.4, 0.5) is 11.8 Å². The Labute approximate surface area is 82.9 Å². The molecule has 0 aromatic carbocycles. The Hall–Kier alpha value is -1.32. The molecule has 0 saturated heterocycles. The summed E-state index contributed by atoms with van der Waals surface area (Å²) in [6, 6.07) is 0. The van der Waals surface area contributed by atoms with Crippen molar-refractivity contribution in [2.45, 2.75) is 31.6 Å². The van der Waals surface area contributed by atoms with Crippen LogP contribution in [0.2, 0.25) is 0 Å². The molecule has 1 saturated carbocycles. The van der Waals surface area contributed by atoms with E-state index in [1.807, 2.05) is 0 Å². The molecule has 14 heavy (non-hydrogen) atoms. The van der Waals surface area contributed by atoms with E-state index in [9.17, 15) is 0 Å². The van der Waals surface area contributed by atoms with Crippen LogP contribution >= 0.6 is 0 Å². The van der Waals surface area contributed by atoms with Gasteiger partial charge in [0.25, 0.3) is 0 Å². The fourth-order valence-corrected chi connectivity index (χ4v) is 2.24. The van der Waals surface area contributed by atoms with Crippen molar-refractivity contribution in [3.63, 3.8) is 0 Å². The fraction of sp³-hybridized carbons (Fsp3) is 0.600. The van der Waals surface area contributed by atoms with Gasteiger partial charge in [-0.3, -0.25) is 0 Å². The second-order valence-corrected chi connectivity index (χ2v) is 4.10. The van der Waals surface area contributed by atoms with E-state index in [0.717, 1.165) is 18.8 Å². The summed E-state index contributed by atoms with van der Waals surface area (Å²) in [5.74, 6) is 2.04. The van der Waals surface area contributed by atoms with Crippen LogP contribution in [0.3, 0.4) is 0 Å². The van der Waals surface area contributed by atoms with E-state index in [4.69, 9.17) is 5.73 Å². The zero-order chi connectivity index (χ0) is 9.54. The van der Waals surface area contributed by atoms with Gasteiger partial charge in [-0.2, -0.15) is 4.98 Å². The van der Waals surface area contributed by atoms with E-state index in [1.54, 1.807) is 0 Å². The minimum Gasteiger partial charge on any atom is -0.369 e. The van der Waals surface area contributed by atoms with Gasteiger partial charge in [-0.15, -0.1) is 0 Å². The molecule has 0 spiro atoms. The first-order chi connectivity index (χ1) is 6.84. The van der Waals surface area contributed by atoms with Crippen LogP contribution < -0.4 is 11.1 Å². The highest BCUT2D eigenvalue weighted by atomic mass is 15.1. The number of nitrogens with zero attached hydrogens (tertiary/aromatic N) is 2. The van der Waals surface area contributed by atoms with Crippen LogP contribution in [0.25, 0.3) is 0 Å². The molecule has 0 unspecified atom stereocenters. The number of nitrogens with one attached hydrogen (secondary N) is 1. The minimum atomic E-state index is 0.417. The first-order valence-electron chi connectivity index (χ1n) is 5.25. The van der Waals surface area contributed by atoms with Crippen molar-refractivity contribution in [3.05, 3.63) is 11.3 Å². The minimum absolute atomic E-state index is 0.417. The summed E-state index contributed by atoms with van der Waals surface area (Å²) in [6.07, 6.45) is 4.92. The summed E-state index contributed by atoms with van der Waals surface area (Å²) >= 11 is 0. The average molecular weight is 190 g/mol. The molecular formula is C10H14N4. The summed E-state index contributed by atoms with van der Waals surface area (Å²) in [4.78, 5) is 8.60. The van der Waals surface area contributed by atoms with Crippen LogP contribution in [0, 0.1) is 0 Å². The fourth-order valence-electron chi connectivity index (χ4n) is 2.24. The highest BCUT2D eigenvalue weighted by molar-refractivity contribution is 5.54. The Bertz CT molecular complexity index is 371. The van der Waals surface area contributed by atoms with E-state index >= 15 is 0 Å². The second-order valence-electron chi connectivity index (χ2n) is 4.10. The van der Waals surface area contributed by atoms with Crippen molar-refractivity contribution in [1.82, 2.24) is 9.97 Å². The molecule has 2 aliphatic rings. The largest absolute Gasteiger partial charge is 0.369 e. The molecule has 1 aromatic rings. The Balaban J connectivity index is 2.08. The molecule has 2 heterocycles. The number of nitrogens with two attached hydrogens (primary N) is 1. The van der Waals surface area contributed by atoms with Crippen molar-refractivity contribution < 1.29 is 0 Å². The topological polar surface area (TPSA) is 63.8 Å². The molecule has 3 N–H and O–H groups in total. The summed E-state index contributed by atoms with van der Waals surface area (Å²) < 4.78 is 0. The van der Waals surface area contributed by atoms with Crippen molar-refractivity contribution in [2.24, 2.45) is 0 Å². The third-order valence-corrected chi connectivity index (χ3v) is 3.22. The van der Waals surface area contributed by atoms with Gasteiger partial charge in [0, 0.05) is 18.0 Å². The third-order valence-electron chi connectivity index (χ3n) is 3.22. The maximum Gasteiger partial charge on any atom is 0.222 e. The van der Waals surface area contributed by atoms with Gasteiger partial charge < -0.3 is 11.1 Å². The molecule has 0 bridgehead atoms. The number of rotatable bonds is 1. The molecule has 0 radical (unpaired) electrons. The van der Waals surface area contributed by atoms with Crippen LogP contribution in [0.15, 0.2) is 0 Å². The zero-order valence-electron chi connectivity index (χ0n) is 8.08. The third kappa shape index (κ3) is 1.06. The monoisotopic (exact) mass is 190 g/mol. The highest BCUT2D eigenvalue weighted by Crippen LogP contribution is 2.39. The second kappa shape index (κ2) is 2.83. The maximum atomic E-state index is 5.69. The Morgan fingerprint density at radius 2 is 2.14 bits per heavy atom. The smallest absolute Gasteiger partial charge is 0.222 e. The van der Waals surface area contributed by atoms with Crippen LogP contribution in [0.5, 0.6) is 0 Å². The predicted molar refractivity (Wildman–Crippen MR) is 55.2 cm³/mol. The van der Waals surface area contributed by atoms with Gasteiger partial charge in [-0.05, 0) is 19.3 Å². The molecule has 1 aliphatic heterocycles. The standard InChI is InChI=1S/C10H14N4/c11-10-13-8(6-2-1-3-6)7-4-5-12-9(7)14-10/h6H,1-5H2,(H3,11,12,13,14). The maximum absolute atomic E-state index is 5.69. The van der Waals surface area contributed by atoms with E-state index in [0.29, 0.717) is 11.9 Å². The molecule has 4 nitrogen and oxygen atoms in total. The molecule has 1 aromatic heterocycles. The predicted octanol–water partition coefficient (Wildman–Crippen LogP) is 1.29. The van der Waals surface area contributed by atoms with Gasteiger partial charge in [-0.25, -0.2) is 4.98 Å². The summed E-state index contributed by atoms with van der Waals surface area (Å²) in [6.45, 7) is 0.979. The molecule has 1 fully saturated rings. The summed E-state index contributed by atoms with van der Waals surface area (Å²) in [7, 11) is 0. The lowest BCUT2D eigenvalue weighted by Gasteiger charge is -2.26. The van der Waals surface area contributed by atoms with Gasteiger partial charge in [0.1, 0.15) is 5.82 Å². The number of fused-ring (bicyclic) bond motifs is 1. The van der Waals surface area contributed by atoms with Crippen molar-refractivity contribution >= 4 is 11.8 Å². The van der Waals surface area contributed by atoms with Gasteiger partial charge in [-0.1, -0.05) is 6.42 Å². The Morgan fingerprint density at radius 1 is 1.29 bits per heavy atom. The molecule has 3 rings (SSSR count). The first kappa shape index (κ1) is 8.03. The summed E-state index contributed by atoms with van der Waals surface area (Å²) in [5, 5.41) is 3.25. The number of hydrogen-bond donors (Lipinski definition) is 2. The molecule has 1 aliphatic carbocycles. The average Bonchev–Trinajstić information content (AvgIpc) is 2.47. The SMILES string of the molecule is Nc1nc2c(c(C3CCC3)n1)CCN2. The number of aromatic nitrogens is 2. The normalized spacial score (nSPS) is 20.0. The van der Waals surface area contributed by atoms with Crippen molar-refractivity contribution in [2.75, 3.05) is 17.6 Å². The number of hydrogen-bond acceptors (Lipinski definition) is 4. The molecule has 4 heteroatoms. The lowest BCUT2D eigenvalue weighted by molar-refractivity contribution is 0.409. The van der Waals surface area contributed by atoms with E-state index in [-0.39, 0.29) is 0 Å². The molecule has 0 atom stereocenters. The summed E-state index contributed by atoms with van der Waals surface area (Å²) in [5.41, 5.74) is 8.21. The van der Waals surface area contributed by atoms with Gasteiger partial charge in [0.15, 0.2) is 0 Å². The van der Waals surface area contributed by atoms with Gasteiger partial charge in [0.2, 0.25) is 5.95 Å². The van der Waals surface area contributed by atoms with E-state index in [1.165, 1.54) is 30.5 Å². The molecule has 0 amide bonds. The van der Waals surface area contributed by atoms with Crippen LogP contribution in [-0.2, 0) is 6.42 Å². The quantitative estimate of drug-likeness (QED) is 0.700. The van der Waals surface area contributed by atoms with Crippen molar-refractivity contribution in [3.8, 4) is 0 Å². The Morgan fingerprint density at radius 3 is 2.86 bits per heavy atom. The van der Waals surface area contributed by atoms with Crippen molar-refractivity contribution in [1.29, 1.82) is 0 Å². The number of anilines is 2. The van der Waals surface area contributed by atoms with Crippen LogP contribution in [-0.4, -0.2) is 16.5 Å². The number of nitrogen functional groups attached to an aromatic ring is 1. The van der Waals surface area contributed by atoms with E-state index < -0.39 is 0 Å². The van der Waals surface area contributed by atoms with Crippen LogP contribution in [0.1, 0.15) is 36.4 Å². The Kier molecular flexibility index (Phi) is 1.63. The van der Waals surface area contributed by atoms with Gasteiger partial charge >= 0.3 is 0 Å². The molecular weight excluding hydrogens is 176 g/mol. The first-order valence-corrected chi connectivity index (χ1v) is 5.25. The molecule has 74 valence electrons. The highest BCUT2D eigenvalue weighted by Gasteiger charge is 2.27. The van der Waals surface area contributed by atoms with Gasteiger partial charge in [0.05, 0.1) is 5.69 Å².